The molecule has 84 valence electrons. The van der Waals surface area contributed by atoms with E-state index in [4.69, 9.17) is 4.74 Å². The normalized spacial score (nSPS) is 23.3. The van der Waals surface area contributed by atoms with Crippen molar-refractivity contribution < 1.29 is 9.53 Å². The van der Waals surface area contributed by atoms with Crippen molar-refractivity contribution in [1.82, 2.24) is 0 Å². The SMILES string of the molecule is C=CC1(C(=O)OC)CCCc2ccccc21. The molecule has 1 aromatic carbocycles. The van der Waals surface area contributed by atoms with Gasteiger partial charge in [-0.25, -0.2) is 0 Å². The zero-order valence-corrected chi connectivity index (χ0v) is 9.53. The fourth-order valence-corrected chi connectivity index (χ4v) is 2.56. The number of rotatable bonds is 2. The van der Waals surface area contributed by atoms with Crippen LogP contribution in [0.2, 0.25) is 0 Å². The van der Waals surface area contributed by atoms with Crippen molar-refractivity contribution in [3.63, 3.8) is 0 Å². The van der Waals surface area contributed by atoms with Crippen molar-refractivity contribution in [3.05, 3.63) is 48.0 Å². The predicted octanol–water partition coefficient (Wildman–Crippen LogP) is 2.62. The molecule has 1 aliphatic carbocycles. The van der Waals surface area contributed by atoms with E-state index in [9.17, 15) is 4.79 Å². The molecule has 0 spiro atoms. The number of aryl methyl sites for hydroxylation is 1. The van der Waals surface area contributed by atoms with Crippen LogP contribution in [0.4, 0.5) is 0 Å². The maximum absolute atomic E-state index is 12.0. The number of hydrogen-bond acceptors (Lipinski definition) is 2. The number of carbonyl (C=O) groups excluding carboxylic acids is 1. The molecule has 2 heteroatoms. The Morgan fingerprint density at radius 3 is 2.94 bits per heavy atom. The van der Waals surface area contributed by atoms with E-state index >= 15 is 0 Å². The molecule has 0 fully saturated rings. The van der Waals surface area contributed by atoms with E-state index in [1.54, 1.807) is 6.08 Å². The smallest absolute Gasteiger partial charge is 0.320 e. The monoisotopic (exact) mass is 216 g/mol. The van der Waals surface area contributed by atoms with Crippen LogP contribution < -0.4 is 0 Å². The molecule has 0 aliphatic heterocycles. The highest BCUT2D eigenvalue weighted by molar-refractivity contribution is 5.86. The quantitative estimate of drug-likeness (QED) is 0.561. The predicted molar refractivity (Wildman–Crippen MR) is 63.3 cm³/mol. The first-order chi connectivity index (χ1) is 7.74. The lowest BCUT2D eigenvalue weighted by atomic mass is 9.70. The van der Waals surface area contributed by atoms with Gasteiger partial charge in [-0.05, 0) is 30.4 Å². The molecule has 0 bridgehead atoms. The second-order valence-corrected chi connectivity index (χ2v) is 4.18. The van der Waals surface area contributed by atoms with Crippen molar-refractivity contribution in [3.8, 4) is 0 Å². The summed E-state index contributed by atoms with van der Waals surface area (Å²) in [4.78, 5) is 12.0. The van der Waals surface area contributed by atoms with Gasteiger partial charge in [-0.3, -0.25) is 4.79 Å². The third kappa shape index (κ3) is 1.45. The summed E-state index contributed by atoms with van der Waals surface area (Å²) in [7, 11) is 1.44. The van der Waals surface area contributed by atoms with Gasteiger partial charge in [0.2, 0.25) is 0 Å². The van der Waals surface area contributed by atoms with Crippen molar-refractivity contribution in [2.45, 2.75) is 24.7 Å². The number of fused-ring (bicyclic) bond motifs is 1. The second-order valence-electron chi connectivity index (χ2n) is 4.18. The summed E-state index contributed by atoms with van der Waals surface area (Å²) >= 11 is 0. The van der Waals surface area contributed by atoms with Crippen LogP contribution in [0.1, 0.15) is 24.0 Å². The lowest BCUT2D eigenvalue weighted by Gasteiger charge is -2.33. The summed E-state index contributed by atoms with van der Waals surface area (Å²) in [5.74, 6) is -0.199. The van der Waals surface area contributed by atoms with E-state index in [2.05, 4.69) is 12.6 Å². The van der Waals surface area contributed by atoms with Crippen LogP contribution in [0.25, 0.3) is 0 Å². The Kier molecular flexibility index (Phi) is 2.82. The summed E-state index contributed by atoms with van der Waals surface area (Å²) in [6.07, 6.45) is 4.55. The zero-order valence-electron chi connectivity index (χ0n) is 9.53. The van der Waals surface area contributed by atoms with E-state index in [1.165, 1.54) is 12.7 Å². The molecule has 0 amide bonds. The van der Waals surface area contributed by atoms with Crippen molar-refractivity contribution >= 4 is 5.97 Å². The number of carbonyl (C=O) groups is 1. The Morgan fingerprint density at radius 1 is 1.50 bits per heavy atom. The standard InChI is InChI=1S/C14H16O2/c1-3-14(13(15)16-2)10-6-8-11-7-4-5-9-12(11)14/h3-5,7,9H,1,6,8,10H2,2H3. The van der Waals surface area contributed by atoms with Crippen LogP contribution in [-0.2, 0) is 21.4 Å². The van der Waals surface area contributed by atoms with Gasteiger partial charge in [0.05, 0.1) is 7.11 Å². The van der Waals surface area contributed by atoms with Crippen LogP contribution in [0, 0.1) is 0 Å². The molecule has 0 radical (unpaired) electrons. The Morgan fingerprint density at radius 2 is 2.25 bits per heavy atom. The van der Waals surface area contributed by atoms with Gasteiger partial charge in [0.25, 0.3) is 0 Å². The summed E-state index contributed by atoms with van der Waals surface area (Å²) in [6.45, 7) is 3.82. The van der Waals surface area contributed by atoms with Crippen molar-refractivity contribution in [2.75, 3.05) is 7.11 Å². The van der Waals surface area contributed by atoms with Gasteiger partial charge in [-0.15, -0.1) is 6.58 Å². The van der Waals surface area contributed by atoms with E-state index < -0.39 is 5.41 Å². The first kappa shape index (κ1) is 10.9. The molecule has 16 heavy (non-hydrogen) atoms. The Bertz CT molecular complexity index is 422. The molecule has 0 saturated heterocycles. The van der Waals surface area contributed by atoms with Crippen LogP contribution in [0.5, 0.6) is 0 Å². The molecule has 2 rings (SSSR count). The van der Waals surface area contributed by atoms with Gasteiger partial charge in [0, 0.05) is 0 Å². The Labute approximate surface area is 95.9 Å². The first-order valence-electron chi connectivity index (χ1n) is 5.55. The molecule has 2 nitrogen and oxygen atoms in total. The molecule has 0 aromatic heterocycles. The molecule has 1 aliphatic rings. The maximum atomic E-state index is 12.0. The third-order valence-corrected chi connectivity index (χ3v) is 3.41. The highest BCUT2D eigenvalue weighted by Gasteiger charge is 2.41. The van der Waals surface area contributed by atoms with E-state index in [0.29, 0.717) is 0 Å². The third-order valence-electron chi connectivity index (χ3n) is 3.41. The van der Waals surface area contributed by atoms with Gasteiger partial charge in [-0.1, -0.05) is 30.3 Å². The maximum Gasteiger partial charge on any atom is 0.320 e. The Hall–Kier alpha value is -1.57. The van der Waals surface area contributed by atoms with E-state index in [1.807, 2.05) is 18.2 Å². The highest BCUT2D eigenvalue weighted by Crippen LogP contribution is 2.39. The van der Waals surface area contributed by atoms with E-state index in [0.717, 1.165) is 24.8 Å². The number of hydrogen-bond donors (Lipinski definition) is 0. The van der Waals surface area contributed by atoms with Gasteiger partial charge in [0.1, 0.15) is 5.41 Å². The molecule has 1 atom stereocenters. The van der Waals surface area contributed by atoms with Crippen LogP contribution in [0.3, 0.4) is 0 Å². The average molecular weight is 216 g/mol. The number of methoxy groups -OCH3 is 1. The summed E-state index contributed by atoms with van der Waals surface area (Å²) in [5.41, 5.74) is 1.66. The molecule has 0 heterocycles. The number of esters is 1. The highest BCUT2D eigenvalue weighted by atomic mass is 16.5. The largest absolute Gasteiger partial charge is 0.468 e. The number of ether oxygens (including phenoxy) is 1. The lowest BCUT2D eigenvalue weighted by molar-refractivity contribution is -0.146. The number of benzene rings is 1. The van der Waals surface area contributed by atoms with E-state index in [-0.39, 0.29) is 5.97 Å². The lowest BCUT2D eigenvalue weighted by Crippen LogP contribution is -2.38. The molecular weight excluding hydrogens is 200 g/mol. The summed E-state index contributed by atoms with van der Waals surface area (Å²) in [5, 5.41) is 0. The molecule has 0 saturated carbocycles. The van der Waals surface area contributed by atoms with Gasteiger partial charge < -0.3 is 4.74 Å². The minimum atomic E-state index is -0.635. The minimum Gasteiger partial charge on any atom is -0.468 e. The first-order valence-corrected chi connectivity index (χ1v) is 5.55. The van der Waals surface area contributed by atoms with Crippen LogP contribution >= 0.6 is 0 Å². The van der Waals surface area contributed by atoms with Crippen molar-refractivity contribution in [1.29, 1.82) is 0 Å². The Balaban J connectivity index is 2.57. The van der Waals surface area contributed by atoms with Gasteiger partial charge in [-0.2, -0.15) is 0 Å². The summed E-state index contributed by atoms with van der Waals surface area (Å²) in [6, 6.07) is 8.06. The van der Waals surface area contributed by atoms with Gasteiger partial charge in [0.15, 0.2) is 0 Å². The van der Waals surface area contributed by atoms with Crippen LogP contribution in [0.15, 0.2) is 36.9 Å². The summed E-state index contributed by atoms with van der Waals surface area (Å²) < 4.78 is 4.93. The molecule has 0 N–H and O–H groups in total. The van der Waals surface area contributed by atoms with Gasteiger partial charge >= 0.3 is 5.97 Å². The molecular formula is C14H16O2. The second kappa shape index (κ2) is 4.12. The fraction of sp³-hybridized carbons (Fsp3) is 0.357. The average Bonchev–Trinajstić information content (AvgIpc) is 2.37. The van der Waals surface area contributed by atoms with Crippen LogP contribution in [-0.4, -0.2) is 13.1 Å². The van der Waals surface area contributed by atoms with Crippen molar-refractivity contribution in [2.24, 2.45) is 0 Å². The topological polar surface area (TPSA) is 26.3 Å². The fourth-order valence-electron chi connectivity index (χ4n) is 2.56. The molecule has 1 aromatic rings. The molecule has 1 unspecified atom stereocenters. The minimum absolute atomic E-state index is 0.199. The zero-order chi connectivity index (χ0) is 11.6.